The van der Waals surface area contributed by atoms with Crippen molar-refractivity contribution in [2.24, 2.45) is 5.14 Å². The maximum Gasteiger partial charge on any atom is 0.247 e. The van der Waals surface area contributed by atoms with Gasteiger partial charge in [0.2, 0.25) is 27.7 Å². The number of halogens is 1. The number of benzene rings is 2. The predicted molar refractivity (Wildman–Crippen MR) is 135 cm³/mol. The summed E-state index contributed by atoms with van der Waals surface area (Å²) in [6.45, 7) is 1.24. The lowest BCUT2D eigenvalue weighted by molar-refractivity contribution is -0.127. The Labute approximate surface area is 210 Å². The maximum absolute atomic E-state index is 12.8. The zero-order chi connectivity index (χ0) is 25.6. The Morgan fingerprint density at radius 1 is 1.00 bits per heavy atom. The number of primary sulfonamides is 1. The normalized spacial score (nSPS) is 11.9. The molecule has 3 rings (SSSR count). The molecule has 10 nitrogen and oxygen atoms in total. The van der Waals surface area contributed by atoms with E-state index in [0.717, 1.165) is 4.47 Å². The summed E-state index contributed by atoms with van der Waals surface area (Å²) in [6, 6.07) is 14.8. The first kappa shape index (κ1) is 26.0. The van der Waals surface area contributed by atoms with E-state index in [1.165, 1.54) is 19.2 Å². The Kier molecular flexibility index (Phi) is 8.33. The molecule has 0 aliphatic rings. The van der Waals surface area contributed by atoms with Gasteiger partial charge >= 0.3 is 0 Å². The van der Waals surface area contributed by atoms with E-state index in [1.54, 1.807) is 54.6 Å². The number of nitrogens with zero attached hydrogens (tertiary/aromatic N) is 1. The Hall–Kier alpha value is -3.61. The topological polar surface area (TPSA) is 160 Å². The van der Waals surface area contributed by atoms with Gasteiger partial charge in [0.1, 0.15) is 11.9 Å². The van der Waals surface area contributed by atoms with Crippen LogP contribution in [0.15, 0.2) is 76.2 Å². The fourth-order valence-corrected chi connectivity index (χ4v) is 4.19. The highest BCUT2D eigenvalue weighted by Gasteiger charge is 2.23. The molecule has 1 unspecified atom stereocenters. The highest BCUT2D eigenvalue weighted by Crippen LogP contribution is 2.27. The number of sulfonamides is 1. The van der Waals surface area contributed by atoms with Crippen molar-refractivity contribution in [3.63, 3.8) is 0 Å². The lowest BCUT2D eigenvalue weighted by Crippen LogP contribution is -2.45. The van der Waals surface area contributed by atoms with Crippen molar-refractivity contribution < 1.29 is 22.8 Å². The minimum Gasteiger partial charge on any atom is -0.344 e. The third-order valence-corrected chi connectivity index (χ3v) is 6.17. The second-order valence-electron chi connectivity index (χ2n) is 7.47. The molecule has 35 heavy (non-hydrogen) atoms. The average Bonchev–Trinajstić information content (AvgIpc) is 2.80. The molecular formula is C23H22BrN5O5S. The number of carbonyl (C=O) groups is 3. The van der Waals surface area contributed by atoms with E-state index >= 15 is 0 Å². The highest BCUT2D eigenvalue weighted by molar-refractivity contribution is 9.10. The van der Waals surface area contributed by atoms with Crippen molar-refractivity contribution in [3.8, 4) is 11.1 Å². The summed E-state index contributed by atoms with van der Waals surface area (Å²) < 4.78 is 24.5. The second kappa shape index (κ2) is 11.2. The number of anilines is 2. The van der Waals surface area contributed by atoms with Crippen LogP contribution in [0.3, 0.4) is 0 Å². The van der Waals surface area contributed by atoms with Crippen LogP contribution >= 0.6 is 15.9 Å². The molecule has 0 saturated carbocycles. The lowest BCUT2D eigenvalue weighted by Gasteiger charge is -2.17. The molecule has 3 aromatic rings. The molecule has 0 spiro atoms. The summed E-state index contributed by atoms with van der Waals surface area (Å²) in [7, 11) is -3.92. The molecule has 0 fully saturated rings. The summed E-state index contributed by atoms with van der Waals surface area (Å²) in [5.41, 5.74) is 1.38. The van der Waals surface area contributed by atoms with Crippen molar-refractivity contribution >= 4 is 55.2 Å². The van der Waals surface area contributed by atoms with Crippen LogP contribution in [0.4, 0.5) is 11.5 Å². The summed E-state index contributed by atoms with van der Waals surface area (Å²) in [5.74, 6) is -1.29. The molecule has 2 aromatic carbocycles. The molecule has 3 amide bonds. The first-order valence-corrected chi connectivity index (χ1v) is 12.6. The van der Waals surface area contributed by atoms with E-state index in [4.69, 9.17) is 5.14 Å². The van der Waals surface area contributed by atoms with Crippen molar-refractivity contribution in [1.82, 2.24) is 10.3 Å². The third-order valence-electron chi connectivity index (χ3n) is 4.74. The van der Waals surface area contributed by atoms with Crippen LogP contribution in [0.25, 0.3) is 11.1 Å². The molecule has 182 valence electrons. The number of carbonyl (C=O) groups excluding carboxylic acids is 3. The Balaban J connectivity index is 1.71. The first-order valence-electron chi connectivity index (χ1n) is 10.2. The summed E-state index contributed by atoms with van der Waals surface area (Å²) in [6.07, 6.45) is 1.20. The minimum absolute atomic E-state index is 0.0196. The third kappa shape index (κ3) is 7.44. The first-order chi connectivity index (χ1) is 16.5. The fourth-order valence-electron chi connectivity index (χ4n) is 3.20. The molecule has 0 saturated heterocycles. The zero-order valence-corrected chi connectivity index (χ0v) is 20.9. The van der Waals surface area contributed by atoms with Crippen molar-refractivity contribution in [3.05, 3.63) is 71.3 Å². The second-order valence-corrected chi connectivity index (χ2v) is 9.92. The van der Waals surface area contributed by atoms with E-state index in [1.807, 2.05) is 0 Å². The monoisotopic (exact) mass is 559 g/mol. The van der Waals surface area contributed by atoms with Gasteiger partial charge in [0, 0.05) is 28.8 Å². The number of nitrogens with one attached hydrogen (secondary N) is 3. The van der Waals surface area contributed by atoms with Crippen LogP contribution in [-0.2, 0) is 24.4 Å². The quantitative estimate of drug-likeness (QED) is 0.331. The van der Waals surface area contributed by atoms with Crippen LogP contribution in [0.2, 0.25) is 0 Å². The van der Waals surface area contributed by atoms with E-state index in [9.17, 15) is 22.8 Å². The lowest BCUT2D eigenvalue weighted by atomic mass is 10.1. The Morgan fingerprint density at radius 2 is 1.69 bits per heavy atom. The summed E-state index contributed by atoms with van der Waals surface area (Å²) >= 11 is 3.25. The number of hydrogen-bond acceptors (Lipinski definition) is 6. The van der Waals surface area contributed by atoms with Gasteiger partial charge in [-0.25, -0.2) is 18.5 Å². The van der Waals surface area contributed by atoms with Gasteiger partial charge in [0.15, 0.2) is 0 Å². The fraction of sp³-hybridized carbons (Fsp3) is 0.130. The molecule has 12 heteroatoms. The molecule has 1 atom stereocenters. The van der Waals surface area contributed by atoms with Crippen LogP contribution in [0, 0.1) is 0 Å². The standard InChI is InChI=1S/C23H22BrN5O5S/c1-14(30)27-19(12-22(31)29-21-11-8-16(24)13-26-21)23(32)28-17-9-6-15(7-10-17)18-4-2-3-5-20(18)35(25,33)34/h2-11,13,19H,12H2,1H3,(H,27,30)(H,28,32)(H2,25,33,34)(H,26,29,31). The van der Waals surface area contributed by atoms with E-state index in [-0.39, 0.29) is 11.3 Å². The molecule has 1 aromatic heterocycles. The van der Waals surface area contributed by atoms with Gasteiger partial charge in [0.05, 0.1) is 11.3 Å². The van der Waals surface area contributed by atoms with Crippen LogP contribution in [0.1, 0.15) is 13.3 Å². The van der Waals surface area contributed by atoms with Gasteiger partial charge < -0.3 is 16.0 Å². The van der Waals surface area contributed by atoms with Crippen LogP contribution < -0.4 is 21.1 Å². The SMILES string of the molecule is CC(=O)NC(CC(=O)Nc1ccc(Br)cn1)C(=O)Nc1ccc(-c2ccccc2S(N)(=O)=O)cc1. The van der Waals surface area contributed by atoms with Crippen molar-refractivity contribution in [2.45, 2.75) is 24.3 Å². The predicted octanol–water partition coefficient (Wildman–Crippen LogP) is 2.63. The largest absolute Gasteiger partial charge is 0.344 e. The van der Waals surface area contributed by atoms with Gasteiger partial charge in [-0.3, -0.25) is 14.4 Å². The highest BCUT2D eigenvalue weighted by atomic mass is 79.9. The van der Waals surface area contributed by atoms with Crippen LogP contribution in [-0.4, -0.2) is 37.2 Å². The van der Waals surface area contributed by atoms with Gasteiger partial charge in [-0.05, 0) is 51.8 Å². The number of hydrogen-bond donors (Lipinski definition) is 4. The number of rotatable bonds is 8. The number of pyridine rings is 1. The Morgan fingerprint density at radius 3 is 2.29 bits per heavy atom. The van der Waals surface area contributed by atoms with E-state index < -0.39 is 33.8 Å². The molecule has 0 aliphatic carbocycles. The zero-order valence-electron chi connectivity index (χ0n) is 18.5. The van der Waals surface area contributed by atoms with Gasteiger partial charge in [-0.1, -0.05) is 30.3 Å². The van der Waals surface area contributed by atoms with Crippen LogP contribution in [0.5, 0.6) is 0 Å². The molecule has 1 heterocycles. The molecular weight excluding hydrogens is 538 g/mol. The molecule has 5 N–H and O–H groups in total. The smallest absolute Gasteiger partial charge is 0.247 e. The van der Waals surface area contributed by atoms with Gasteiger partial charge in [0.25, 0.3) is 0 Å². The Bertz CT molecular complexity index is 1350. The van der Waals surface area contributed by atoms with Gasteiger partial charge in [-0.2, -0.15) is 0 Å². The summed E-state index contributed by atoms with van der Waals surface area (Å²) in [5, 5.41) is 13.0. The minimum atomic E-state index is -3.92. The van der Waals surface area contributed by atoms with Crippen molar-refractivity contribution in [1.29, 1.82) is 0 Å². The van der Waals surface area contributed by atoms with E-state index in [0.29, 0.717) is 22.6 Å². The van der Waals surface area contributed by atoms with Crippen molar-refractivity contribution in [2.75, 3.05) is 10.6 Å². The summed E-state index contributed by atoms with van der Waals surface area (Å²) in [4.78, 5) is 40.8. The van der Waals surface area contributed by atoms with Gasteiger partial charge in [-0.15, -0.1) is 0 Å². The number of nitrogens with two attached hydrogens (primary N) is 1. The van der Waals surface area contributed by atoms with E-state index in [2.05, 4.69) is 36.9 Å². The molecule has 0 aliphatic heterocycles. The maximum atomic E-state index is 12.8. The molecule has 0 radical (unpaired) electrons. The average molecular weight is 560 g/mol. The molecule has 0 bridgehead atoms. The number of amides is 3. The number of aromatic nitrogens is 1.